The molecule has 0 aliphatic carbocycles. The highest BCUT2D eigenvalue weighted by molar-refractivity contribution is 7.66. The van der Waals surface area contributed by atoms with Crippen molar-refractivity contribution in [3.63, 3.8) is 0 Å². The molecule has 2 aromatic carbocycles. The summed E-state index contributed by atoms with van der Waals surface area (Å²) < 4.78 is 16.1. The fourth-order valence-corrected chi connectivity index (χ4v) is 3.34. The van der Waals surface area contributed by atoms with Gasteiger partial charge in [-0.25, -0.2) is 0 Å². The van der Waals surface area contributed by atoms with Crippen LogP contribution < -0.4 is 19.5 Å². The lowest BCUT2D eigenvalue weighted by atomic mass is 10.2. The molecule has 1 atom stereocenters. The maximum Gasteiger partial charge on any atom is 0.193 e. The normalized spacial score (nSPS) is 10.8. The van der Waals surface area contributed by atoms with Crippen molar-refractivity contribution in [1.82, 2.24) is 0 Å². The van der Waals surface area contributed by atoms with Gasteiger partial charge in [-0.2, -0.15) is 0 Å². The summed E-state index contributed by atoms with van der Waals surface area (Å²) >= 11 is 0. The number of benzene rings is 2. The zero-order valence-electron chi connectivity index (χ0n) is 13.8. The third-order valence-electron chi connectivity index (χ3n) is 3.41. The number of aryl methyl sites for hydroxylation is 1. The zero-order chi connectivity index (χ0) is 16.8. The maximum atomic E-state index is 12.8. The van der Waals surface area contributed by atoms with Crippen molar-refractivity contribution in [3.05, 3.63) is 47.5 Å². The van der Waals surface area contributed by atoms with Crippen LogP contribution in [0.3, 0.4) is 0 Å². The minimum atomic E-state index is -0.00781. The quantitative estimate of drug-likeness (QED) is 0.727. The zero-order valence-corrected chi connectivity index (χ0v) is 14.8. The van der Waals surface area contributed by atoms with Crippen molar-refractivity contribution < 1.29 is 19.0 Å². The Hall–Kier alpha value is -2.06. The minimum absolute atomic E-state index is 0.00266. The van der Waals surface area contributed by atoms with Gasteiger partial charge in [0.15, 0.2) is 5.52 Å². The van der Waals surface area contributed by atoms with Gasteiger partial charge in [-0.05, 0) is 57.6 Å². The van der Waals surface area contributed by atoms with Gasteiger partial charge in [0.05, 0.1) is 20.8 Å². The van der Waals surface area contributed by atoms with Crippen molar-refractivity contribution in [2.24, 2.45) is 0 Å². The Kier molecular flexibility index (Phi) is 6.00. The topological polar surface area (TPSA) is 44.8 Å². The Balaban J connectivity index is 2.29. The summed E-state index contributed by atoms with van der Waals surface area (Å²) in [6.45, 7) is 4.55. The molecule has 0 heterocycles. The van der Waals surface area contributed by atoms with Crippen LogP contribution in [0.4, 0.5) is 0 Å². The van der Waals surface area contributed by atoms with Crippen molar-refractivity contribution in [3.8, 4) is 17.2 Å². The first-order valence-electron chi connectivity index (χ1n) is 7.36. The molecule has 2 aromatic rings. The fraction of sp³-hybridized carbons (Fsp3) is 0.278. The van der Waals surface area contributed by atoms with Gasteiger partial charge in [0.1, 0.15) is 22.8 Å². The second-order valence-electron chi connectivity index (χ2n) is 4.90. The molecule has 0 aliphatic rings. The number of ether oxygens (including phenoxy) is 3. The van der Waals surface area contributed by atoms with Crippen molar-refractivity contribution in [2.45, 2.75) is 13.8 Å². The molecular formula is C18H21O4P. The van der Waals surface area contributed by atoms with Gasteiger partial charge < -0.3 is 14.2 Å². The molecule has 1 unspecified atom stereocenters. The van der Waals surface area contributed by atoms with Gasteiger partial charge >= 0.3 is 0 Å². The first-order chi connectivity index (χ1) is 11.1. The summed E-state index contributed by atoms with van der Waals surface area (Å²) in [4.78, 5) is 12.8. The summed E-state index contributed by atoms with van der Waals surface area (Å²) in [5, 5.41) is 0.992. The van der Waals surface area contributed by atoms with Gasteiger partial charge in [-0.3, -0.25) is 4.79 Å². The Labute approximate surface area is 138 Å². The number of carbonyl (C=O) groups is 1. The second kappa shape index (κ2) is 7.98. The molecular weight excluding hydrogens is 311 g/mol. The number of hydrogen-bond acceptors (Lipinski definition) is 4. The summed E-state index contributed by atoms with van der Waals surface area (Å²) in [6.07, 6.45) is 0. The molecule has 0 radical (unpaired) electrons. The van der Waals surface area contributed by atoms with Crippen LogP contribution in [-0.2, 0) is 0 Å². The van der Waals surface area contributed by atoms with E-state index in [0.717, 1.165) is 16.6 Å². The van der Waals surface area contributed by atoms with Crippen LogP contribution in [0.25, 0.3) is 0 Å². The molecule has 5 heteroatoms. The number of methoxy groups -OCH3 is 2. The van der Waals surface area contributed by atoms with E-state index in [9.17, 15) is 4.79 Å². The van der Waals surface area contributed by atoms with Gasteiger partial charge in [0.2, 0.25) is 0 Å². The van der Waals surface area contributed by atoms with E-state index in [1.807, 2.05) is 32.0 Å². The Morgan fingerprint density at radius 1 is 1.09 bits per heavy atom. The molecule has 0 N–H and O–H groups in total. The Bertz CT molecular complexity index is 675. The SMILES string of the molecule is CCOc1ccc(PC(=O)c2c(OC)cccc2OC)c(C)c1. The second-order valence-corrected chi connectivity index (χ2v) is 6.14. The summed E-state index contributed by atoms with van der Waals surface area (Å²) in [5.74, 6) is 1.89. The molecule has 0 saturated carbocycles. The largest absolute Gasteiger partial charge is 0.496 e. The molecule has 122 valence electrons. The fourth-order valence-electron chi connectivity index (χ4n) is 2.29. The molecule has 4 nitrogen and oxygen atoms in total. The lowest BCUT2D eigenvalue weighted by molar-refractivity contribution is 0.108. The predicted molar refractivity (Wildman–Crippen MR) is 94.2 cm³/mol. The third-order valence-corrected chi connectivity index (χ3v) is 4.72. The molecule has 0 aliphatic heterocycles. The molecule has 0 aromatic heterocycles. The molecule has 0 spiro atoms. The Morgan fingerprint density at radius 2 is 1.74 bits per heavy atom. The Morgan fingerprint density at radius 3 is 2.26 bits per heavy atom. The first kappa shape index (κ1) is 17.3. The average Bonchev–Trinajstić information content (AvgIpc) is 2.56. The lowest BCUT2D eigenvalue weighted by Gasteiger charge is -2.13. The highest BCUT2D eigenvalue weighted by Gasteiger charge is 2.19. The van der Waals surface area contributed by atoms with E-state index in [0.29, 0.717) is 23.7 Å². The van der Waals surface area contributed by atoms with Gasteiger partial charge in [0, 0.05) is 0 Å². The maximum absolute atomic E-state index is 12.8. The van der Waals surface area contributed by atoms with Gasteiger partial charge in [-0.1, -0.05) is 12.1 Å². The van der Waals surface area contributed by atoms with Crippen LogP contribution in [-0.4, -0.2) is 26.4 Å². The van der Waals surface area contributed by atoms with E-state index in [-0.39, 0.29) is 14.1 Å². The molecule has 0 fully saturated rings. The molecule has 2 rings (SSSR count). The minimum Gasteiger partial charge on any atom is -0.496 e. The van der Waals surface area contributed by atoms with E-state index in [1.165, 1.54) is 0 Å². The predicted octanol–water partition coefficient (Wildman–Crippen LogP) is 3.56. The van der Waals surface area contributed by atoms with Crippen molar-refractivity contribution >= 4 is 19.4 Å². The van der Waals surface area contributed by atoms with Crippen molar-refractivity contribution in [2.75, 3.05) is 20.8 Å². The van der Waals surface area contributed by atoms with Crippen LogP contribution in [0, 0.1) is 6.92 Å². The molecule has 0 amide bonds. The van der Waals surface area contributed by atoms with Crippen molar-refractivity contribution in [1.29, 1.82) is 0 Å². The highest BCUT2D eigenvalue weighted by Crippen LogP contribution is 2.34. The van der Waals surface area contributed by atoms with Gasteiger partial charge in [-0.15, -0.1) is 0 Å². The lowest BCUT2D eigenvalue weighted by Crippen LogP contribution is -2.08. The summed E-state index contributed by atoms with van der Waals surface area (Å²) in [6, 6.07) is 11.1. The smallest absolute Gasteiger partial charge is 0.193 e. The van der Waals surface area contributed by atoms with Crippen LogP contribution in [0.1, 0.15) is 22.8 Å². The highest BCUT2D eigenvalue weighted by atomic mass is 31.1. The van der Waals surface area contributed by atoms with E-state index >= 15 is 0 Å². The number of hydrogen-bond donors (Lipinski definition) is 0. The van der Waals surface area contributed by atoms with E-state index in [2.05, 4.69) is 0 Å². The monoisotopic (exact) mass is 332 g/mol. The number of carbonyl (C=O) groups excluding carboxylic acids is 1. The summed E-state index contributed by atoms with van der Waals surface area (Å²) in [5.41, 5.74) is 1.52. The van der Waals surface area contributed by atoms with Crippen LogP contribution in [0.5, 0.6) is 17.2 Å². The first-order valence-corrected chi connectivity index (χ1v) is 8.36. The molecule has 0 bridgehead atoms. The summed E-state index contributed by atoms with van der Waals surface area (Å²) in [7, 11) is 3.10. The van der Waals surface area contributed by atoms with E-state index in [4.69, 9.17) is 14.2 Å². The molecule has 23 heavy (non-hydrogen) atoms. The molecule has 0 saturated heterocycles. The van der Waals surface area contributed by atoms with Gasteiger partial charge in [0.25, 0.3) is 0 Å². The standard InChI is InChI=1S/C18H21O4P/c1-5-22-13-9-10-16(12(2)11-13)23-18(19)17-14(20-3)7-6-8-15(17)21-4/h6-11,23H,5H2,1-4H3. The van der Waals surface area contributed by atoms with E-state index < -0.39 is 0 Å². The van der Waals surface area contributed by atoms with E-state index in [1.54, 1.807) is 32.4 Å². The average molecular weight is 332 g/mol. The van der Waals surface area contributed by atoms with Crippen LogP contribution >= 0.6 is 8.58 Å². The third kappa shape index (κ3) is 4.02. The van der Waals surface area contributed by atoms with Crippen LogP contribution in [0.15, 0.2) is 36.4 Å². The van der Waals surface area contributed by atoms with Crippen LogP contribution in [0.2, 0.25) is 0 Å². The number of rotatable bonds is 7.